The summed E-state index contributed by atoms with van der Waals surface area (Å²) in [6, 6.07) is 15.5. The zero-order chi connectivity index (χ0) is 24.6. The van der Waals surface area contributed by atoms with Crippen LogP contribution < -0.4 is 9.62 Å². The van der Waals surface area contributed by atoms with Crippen LogP contribution in [0.15, 0.2) is 54.6 Å². The summed E-state index contributed by atoms with van der Waals surface area (Å²) in [5, 5.41) is 2.96. The molecule has 0 radical (unpaired) electrons. The van der Waals surface area contributed by atoms with E-state index in [0.29, 0.717) is 12.1 Å². The van der Waals surface area contributed by atoms with Gasteiger partial charge < -0.3 is 10.2 Å². The molecular weight excluding hydrogens is 438 g/mol. The summed E-state index contributed by atoms with van der Waals surface area (Å²) >= 11 is 0. The van der Waals surface area contributed by atoms with Crippen molar-refractivity contribution >= 4 is 27.5 Å². The van der Waals surface area contributed by atoms with Gasteiger partial charge >= 0.3 is 0 Å². The Balaban J connectivity index is 2.41. The van der Waals surface area contributed by atoms with Gasteiger partial charge in [0.05, 0.1) is 11.9 Å². The number of sulfonamides is 1. The molecule has 2 atom stereocenters. The molecule has 2 rings (SSSR count). The van der Waals surface area contributed by atoms with Crippen LogP contribution in [0.5, 0.6) is 0 Å². The van der Waals surface area contributed by atoms with Gasteiger partial charge in [0.25, 0.3) is 0 Å². The third kappa shape index (κ3) is 7.60. The molecule has 8 heteroatoms. The first-order valence-corrected chi connectivity index (χ1v) is 13.1. The molecule has 0 bridgehead atoms. The number of hydrogen-bond donors (Lipinski definition) is 1. The summed E-state index contributed by atoms with van der Waals surface area (Å²) in [6.45, 7) is 7.52. The Morgan fingerprint density at radius 3 is 2.21 bits per heavy atom. The largest absolute Gasteiger partial charge is 0.352 e. The van der Waals surface area contributed by atoms with Gasteiger partial charge in [-0.3, -0.25) is 13.9 Å². The maximum Gasteiger partial charge on any atom is 0.244 e. The molecular formula is C25H35N3O4S. The van der Waals surface area contributed by atoms with Crippen LogP contribution in [0.1, 0.15) is 44.7 Å². The van der Waals surface area contributed by atoms with Crippen LogP contribution in [-0.2, 0) is 26.2 Å². The average molecular weight is 474 g/mol. The van der Waals surface area contributed by atoms with Crippen molar-refractivity contribution in [3.05, 3.63) is 65.7 Å². The molecule has 0 spiro atoms. The Labute approximate surface area is 197 Å². The number of para-hydroxylation sites is 1. The van der Waals surface area contributed by atoms with Crippen LogP contribution in [0.2, 0.25) is 0 Å². The second-order valence-electron chi connectivity index (χ2n) is 8.36. The van der Waals surface area contributed by atoms with Crippen molar-refractivity contribution < 1.29 is 18.0 Å². The summed E-state index contributed by atoms with van der Waals surface area (Å²) in [7, 11) is -3.72. The molecule has 0 heterocycles. The summed E-state index contributed by atoms with van der Waals surface area (Å²) < 4.78 is 26.1. The van der Waals surface area contributed by atoms with E-state index in [2.05, 4.69) is 5.32 Å². The van der Waals surface area contributed by atoms with Crippen molar-refractivity contribution in [1.82, 2.24) is 10.2 Å². The number of carbonyl (C=O) groups excluding carboxylic acids is 2. The minimum Gasteiger partial charge on any atom is -0.352 e. The lowest BCUT2D eigenvalue weighted by Gasteiger charge is -2.33. The second-order valence-corrected chi connectivity index (χ2v) is 10.3. The molecule has 0 saturated carbocycles. The first-order chi connectivity index (χ1) is 15.6. The van der Waals surface area contributed by atoms with Crippen LogP contribution >= 0.6 is 0 Å². The van der Waals surface area contributed by atoms with E-state index in [4.69, 9.17) is 0 Å². The first kappa shape index (κ1) is 26.4. The second kappa shape index (κ2) is 11.8. The van der Waals surface area contributed by atoms with E-state index in [0.717, 1.165) is 28.1 Å². The molecule has 180 valence electrons. The molecule has 0 saturated heterocycles. The van der Waals surface area contributed by atoms with Gasteiger partial charge in [-0.15, -0.1) is 0 Å². The summed E-state index contributed by atoms with van der Waals surface area (Å²) in [5.41, 5.74) is 2.32. The molecule has 0 aromatic heterocycles. The molecule has 0 fully saturated rings. The fourth-order valence-corrected chi connectivity index (χ4v) is 4.43. The van der Waals surface area contributed by atoms with E-state index in [1.165, 1.54) is 4.90 Å². The van der Waals surface area contributed by atoms with Crippen molar-refractivity contribution in [3.63, 3.8) is 0 Å². The van der Waals surface area contributed by atoms with Crippen molar-refractivity contribution in [3.8, 4) is 0 Å². The minimum atomic E-state index is -3.72. The highest BCUT2D eigenvalue weighted by Gasteiger charge is 2.32. The smallest absolute Gasteiger partial charge is 0.244 e. The van der Waals surface area contributed by atoms with Crippen LogP contribution in [0.4, 0.5) is 5.69 Å². The molecule has 0 aliphatic carbocycles. The number of aryl methyl sites for hydroxylation is 1. The quantitative estimate of drug-likeness (QED) is 0.541. The van der Waals surface area contributed by atoms with Gasteiger partial charge in [0, 0.05) is 12.6 Å². The maximum absolute atomic E-state index is 13.6. The number of rotatable bonds is 11. The predicted molar refractivity (Wildman–Crippen MR) is 132 cm³/mol. The summed E-state index contributed by atoms with van der Waals surface area (Å²) in [6.07, 6.45) is 2.25. The van der Waals surface area contributed by atoms with Gasteiger partial charge in [0.1, 0.15) is 12.6 Å². The lowest BCUT2D eigenvalue weighted by atomic mass is 10.1. The van der Waals surface area contributed by atoms with Crippen LogP contribution in [-0.4, -0.2) is 50.0 Å². The summed E-state index contributed by atoms with van der Waals surface area (Å²) in [5.74, 6) is -0.671. The number of carbonyl (C=O) groups is 2. The van der Waals surface area contributed by atoms with Gasteiger partial charge in [-0.05, 0) is 44.4 Å². The third-order valence-corrected chi connectivity index (χ3v) is 6.69. The Morgan fingerprint density at radius 2 is 1.67 bits per heavy atom. The average Bonchev–Trinajstić information content (AvgIpc) is 2.76. The van der Waals surface area contributed by atoms with E-state index in [1.54, 1.807) is 30.3 Å². The van der Waals surface area contributed by atoms with Crippen molar-refractivity contribution in [2.45, 2.75) is 59.2 Å². The normalized spacial score (nSPS) is 13.1. The van der Waals surface area contributed by atoms with E-state index < -0.39 is 22.0 Å². The predicted octanol–water partition coefficient (Wildman–Crippen LogP) is 3.48. The number of anilines is 1. The maximum atomic E-state index is 13.6. The standard InChI is InChI=1S/C25H35N3O4S/c1-6-20(4)26-25(30)23(7-2)27(17-21-13-11-12-19(3)16-21)24(29)18-28(33(5,31)32)22-14-9-8-10-15-22/h8-16,20,23H,6-7,17-18H2,1-5H3,(H,26,30)/t20-,23-/m1/s1. The van der Waals surface area contributed by atoms with Crippen molar-refractivity contribution in [2.24, 2.45) is 0 Å². The van der Waals surface area contributed by atoms with Crippen molar-refractivity contribution in [2.75, 3.05) is 17.1 Å². The van der Waals surface area contributed by atoms with E-state index >= 15 is 0 Å². The zero-order valence-corrected chi connectivity index (χ0v) is 20.9. The molecule has 0 aliphatic heterocycles. The van der Waals surface area contributed by atoms with Gasteiger partial charge in [0.15, 0.2) is 0 Å². The number of hydrogen-bond acceptors (Lipinski definition) is 4. The van der Waals surface area contributed by atoms with Crippen molar-refractivity contribution in [1.29, 1.82) is 0 Å². The Hall–Kier alpha value is -2.87. The minimum absolute atomic E-state index is 0.0284. The molecule has 33 heavy (non-hydrogen) atoms. The zero-order valence-electron chi connectivity index (χ0n) is 20.1. The van der Waals surface area contributed by atoms with Crippen LogP contribution in [0.3, 0.4) is 0 Å². The van der Waals surface area contributed by atoms with Gasteiger partial charge in [0.2, 0.25) is 21.8 Å². The van der Waals surface area contributed by atoms with Gasteiger partial charge in [-0.2, -0.15) is 0 Å². The SMILES string of the molecule is CC[C@@H](C)NC(=O)[C@@H](CC)N(Cc1cccc(C)c1)C(=O)CN(c1ccccc1)S(C)(=O)=O. The topological polar surface area (TPSA) is 86.8 Å². The molecule has 7 nitrogen and oxygen atoms in total. The highest BCUT2D eigenvalue weighted by atomic mass is 32.2. The van der Waals surface area contributed by atoms with Crippen LogP contribution in [0, 0.1) is 6.92 Å². The molecule has 2 amide bonds. The Kier molecular flexibility index (Phi) is 9.46. The number of benzene rings is 2. The monoisotopic (exact) mass is 473 g/mol. The molecule has 1 N–H and O–H groups in total. The lowest BCUT2D eigenvalue weighted by molar-refractivity contribution is -0.140. The molecule has 0 aliphatic rings. The molecule has 2 aromatic rings. The number of amides is 2. The molecule has 0 unspecified atom stereocenters. The first-order valence-electron chi connectivity index (χ1n) is 11.2. The highest BCUT2D eigenvalue weighted by molar-refractivity contribution is 7.92. The van der Waals surface area contributed by atoms with Gasteiger partial charge in [-0.25, -0.2) is 8.42 Å². The van der Waals surface area contributed by atoms with E-state index in [9.17, 15) is 18.0 Å². The number of nitrogens with one attached hydrogen (secondary N) is 1. The summed E-state index contributed by atoms with van der Waals surface area (Å²) in [4.78, 5) is 28.1. The Morgan fingerprint density at radius 1 is 1.00 bits per heavy atom. The fourth-order valence-electron chi connectivity index (χ4n) is 3.58. The van der Waals surface area contributed by atoms with Crippen LogP contribution in [0.25, 0.3) is 0 Å². The third-order valence-electron chi connectivity index (χ3n) is 5.55. The fraction of sp³-hybridized carbons (Fsp3) is 0.440. The number of nitrogens with zero attached hydrogens (tertiary/aromatic N) is 2. The Bertz CT molecular complexity index is 1040. The molecule has 2 aromatic carbocycles. The van der Waals surface area contributed by atoms with E-state index in [-0.39, 0.29) is 25.0 Å². The highest BCUT2D eigenvalue weighted by Crippen LogP contribution is 2.19. The van der Waals surface area contributed by atoms with Gasteiger partial charge in [-0.1, -0.05) is 61.9 Å². The lowest BCUT2D eigenvalue weighted by Crippen LogP contribution is -2.53. The van der Waals surface area contributed by atoms with E-state index in [1.807, 2.05) is 52.0 Å².